The van der Waals surface area contributed by atoms with Crippen LogP contribution in [-0.2, 0) is 6.54 Å². The van der Waals surface area contributed by atoms with Crippen LogP contribution in [0.4, 0.5) is 0 Å². The summed E-state index contributed by atoms with van der Waals surface area (Å²) in [6, 6.07) is 15.2. The molecule has 0 amide bonds. The van der Waals surface area contributed by atoms with Gasteiger partial charge in [0, 0.05) is 10.6 Å². The van der Waals surface area contributed by atoms with Crippen LogP contribution in [-0.4, -0.2) is 14.8 Å². The van der Waals surface area contributed by atoms with E-state index < -0.39 is 0 Å². The Morgan fingerprint density at radius 3 is 2.67 bits per heavy atom. The average molecular weight is 336 g/mol. The molecule has 0 atom stereocenters. The van der Waals surface area contributed by atoms with Crippen molar-refractivity contribution in [2.24, 2.45) is 0 Å². The van der Waals surface area contributed by atoms with Gasteiger partial charge in [0.05, 0.1) is 11.6 Å². The number of aromatic amines is 1. The summed E-state index contributed by atoms with van der Waals surface area (Å²) in [5.41, 5.74) is 1.88. The molecular weight excluding hydrogens is 325 g/mol. The van der Waals surface area contributed by atoms with Gasteiger partial charge in [0.2, 0.25) is 4.77 Å². The zero-order valence-electron chi connectivity index (χ0n) is 10.9. The molecule has 0 aliphatic carbocycles. The van der Waals surface area contributed by atoms with Crippen LogP contribution in [0.3, 0.4) is 0 Å². The molecule has 0 radical (unpaired) electrons. The minimum Gasteiger partial charge on any atom is -0.279 e. The Balaban J connectivity index is 1.96. The summed E-state index contributed by atoms with van der Waals surface area (Å²) in [4.78, 5) is 4.37. The van der Waals surface area contributed by atoms with Crippen molar-refractivity contribution in [3.8, 4) is 11.4 Å². The van der Waals surface area contributed by atoms with E-state index in [9.17, 15) is 0 Å². The Bertz CT molecular complexity index is 839. The van der Waals surface area contributed by atoms with Crippen LogP contribution in [0.2, 0.25) is 10.0 Å². The van der Waals surface area contributed by atoms with Crippen molar-refractivity contribution < 1.29 is 0 Å². The molecule has 0 unspecified atom stereocenters. The molecule has 3 nitrogen and oxygen atoms in total. The lowest BCUT2D eigenvalue weighted by atomic mass is 10.2. The van der Waals surface area contributed by atoms with Crippen LogP contribution in [0, 0.1) is 4.77 Å². The predicted molar refractivity (Wildman–Crippen MR) is 88.4 cm³/mol. The van der Waals surface area contributed by atoms with Gasteiger partial charge in [-0.15, -0.1) is 0 Å². The molecule has 1 aromatic heterocycles. The zero-order valence-corrected chi connectivity index (χ0v) is 13.2. The maximum absolute atomic E-state index is 6.18. The quantitative estimate of drug-likeness (QED) is 0.686. The molecule has 0 aliphatic heterocycles. The van der Waals surface area contributed by atoms with Crippen molar-refractivity contribution in [2.75, 3.05) is 0 Å². The number of aromatic nitrogens is 3. The first kappa shape index (κ1) is 14.3. The highest BCUT2D eigenvalue weighted by molar-refractivity contribution is 7.71. The minimum atomic E-state index is 0.477. The second-order valence-electron chi connectivity index (χ2n) is 4.55. The molecule has 2 aromatic carbocycles. The molecule has 0 saturated heterocycles. The monoisotopic (exact) mass is 335 g/mol. The van der Waals surface area contributed by atoms with E-state index >= 15 is 0 Å². The molecule has 3 rings (SSSR count). The standard InChI is InChI=1S/C15H11Cl2N3S/c16-11-5-3-4-10(8-11)9-20-15(21)18-14(19-20)12-6-1-2-7-13(12)17/h1-8H,9H2,(H,18,19,21). The molecule has 1 heterocycles. The van der Waals surface area contributed by atoms with Crippen molar-refractivity contribution in [2.45, 2.75) is 6.54 Å². The van der Waals surface area contributed by atoms with Crippen molar-refractivity contribution in [3.63, 3.8) is 0 Å². The first-order valence-corrected chi connectivity index (χ1v) is 7.46. The number of nitrogens with zero attached hydrogens (tertiary/aromatic N) is 2. The minimum absolute atomic E-state index is 0.477. The smallest absolute Gasteiger partial charge is 0.216 e. The van der Waals surface area contributed by atoms with E-state index in [1.54, 1.807) is 4.68 Å². The molecular formula is C15H11Cl2N3S. The summed E-state index contributed by atoms with van der Waals surface area (Å²) >= 11 is 17.5. The van der Waals surface area contributed by atoms with Gasteiger partial charge < -0.3 is 0 Å². The fourth-order valence-corrected chi connectivity index (χ4v) is 2.70. The highest BCUT2D eigenvalue weighted by atomic mass is 35.5. The molecule has 0 aliphatic rings. The molecule has 0 fully saturated rings. The summed E-state index contributed by atoms with van der Waals surface area (Å²) in [6.07, 6.45) is 0. The summed E-state index contributed by atoms with van der Waals surface area (Å²) in [6.45, 7) is 0.580. The second-order valence-corrected chi connectivity index (χ2v) is 5.76. The second kappa shape index (κ2) is 6.02. The first-order chi connectivity index (χ1) is 10.1. The van der Waals surface area contributed by atoms with Gasteiger partial charge in [0.25, 0.3) is 0 Å². The number of H-pyrrole nitrogens is 1. The van der Waals surface area contributed by atoms with E-state index in [0.29, 0.717) is 27.2 Å². The topological polar surface area (TPSA) is 33.6 Å². The maximum Gasteiger partial charge on any atom is 0.216 e. The summed E-state index contributed by atoms with van der Waals surface area (Å²) < 4.78 is 2.27. The number of hydrogen-bond donors (Lipinski definition) is 1. The zero-order chi connectivity index (χ0) is 14.8. The SMILES string of the molecule is S=c1nc(-c2ccccc2Cl)[nH]n1Cc1cccc(Cl)c1. The molecule has 3 aromatic rings. The summed E-state index contributed by atoms with van der Waals surface area (Å²) in [5, 5.41) is 4.51. The van der Waals surface area contributed by atoms with Crippen LogP contribution in [0.15, 0.2) is 48.5 Å². The summed E-state index contributed by atoms with van der Waals surface area (Å²) in [5.74, 6) is 0.660. The Morgan fingerprint density at radius 1 is 1.10 bits per heavy atom. The third kappa shape index (κ3) is 3.18. The number of benzene rings is 2. The van der Waals surface area contributed by atoms with Gasteiger partial charge >= 0.3 is 0 Å². The number of nitrogens with one attached hydrogen (secondary N) is 1. The molecule has 6 heteroatoms. The van der Waals surface area contributed by atoms with Crippen LogP contribution >= 0.6 is 35.4 Å². The van der Waals surface area contributed by atoms with Crippen LogP contribution in [0.1, 0.15) is 5.56 Å². The lowest BCUT2D eigenvalue weighted by Gasteiger charge is -2.03. The van der Waals surface area contributed by atoms with E-state index in [2.05, 4.69) is 10.1 Å². The van der Waals surface area contributed by atoms with Crippen LogP contribution in [0.25, 0.3) is 11.4 Å². The third-order valence-electron chi connectivity index (χ3n) is 3.04. The lowest BCUT2D eigenvalue weighted by Crippen LogP contribution is -2.01. The molecule has 106 valence electrons. The maximum atomic E-state index is 6.18. The lowest BCUT2D eigenvalue weighted by molar-refractivity contribution is 0.677. The van der Waals surface area contributed by atoms with Gasteiger partial charge in [-0.2, -0.15) is 4.98 Å². The molecule has 1 N–H and O–H groups in total. The Hall–Kier alpha value is -1.62. The van der Waals surface area contributed by atoms with Gasteiger partial charge in [-0.05, 0) is 42.0 Å². The Kier molecular flexibility index (Phi) is 4.10. The summed E-state index contributed by atoms with van der Waals surface area (Å²) in [7, 11) is 0. The highest BCUT2D eigenvalue weighted by Gasteiger charge is 2.08. The highest BCUT2D eigenvalue weighted by Crippen LogP contribution is 2.24. The van der Waals surface area contributed by atoms with Crippen LogP contribution < -0.4 is 0 Å². The van der Waals surface area contributed by atoms with Gasteiger partial charge in [0.15, 0.2) is 5.82 Å². The normalized spacial score (nSPS) is 10.8. The number of hydrogen-bond acceptors (Lipinski definition) is 2. The van der Waals surface area contributed by atoms with Crippen molar-refractivity contribution in [1.82, 2.24) is 14.8 Å². The number of rotatable bonds is 3. The van der Waals surface area contributed by atoms with E-state index in [-0.39, 0.29) is 0 Å². The van der Waals surface area contributed by atoms with Gasteiger partial charge in [-0.25, -0.2) is 0 Å². The van der Waals surface area contributed by atoms with E-state index in [1.165, 1.54) is 0 Å². The molecule has 0 saturated carbocycles. The van der Waals surface area contributed by atoms with Crippen molar-refractivity contribution >= 4 is 35.4 Å². The van der Waals surface area contributed by atoms with Crippen molar-refractivity contribution in [3.05, 3.63) is 68.9 Å². The molecule has 0 spiro atoms. The van der Waals surface area contributed by atoms with Crippen molar-refractivity contribution in [1.29, 1.82) is 0 Å². The number of halogens is 2. The molecule has 0 bridgehead atoms. The first-order valence-electron chi connectivity index (χ1n) is 6.30. The fourth-order valence-electron chi connectivity index (χ4n) is 2.06. The largest absolute Gasteiger partial charge is 0.279 e. The van der Waals surface area contributed by atoms with Gasteiger partial charge in [-0.3, -0.25) is 9.78 Å². The predicted octanol–water partition coefficient (Wildman–Crippen LogP) is 4.96. The van der Waals surface area contributed by atoms with E-state index in [0.717, 1.165) is 11.1 Å². The van der Waals surface area contributed by atoms with Gasteiger partial charge in [0.1, 0.15) is 0 Å². The third-order valence-corrected chi connectivity index (χ3v) is 3.91. The van der Waals surface area contributed by atoms with E-state index in [1.807, 2.05) is 48.5 Å². The van der Waals surface area contributed by atoms with E-state index in [4.69, 9.17) is 35.4 Å². The van der Waals surface area contributed by atoms with Crippen LogP contribution in [0.5, 0.6) is 0 Å². The van der Waals surface area contributed by atoms with Gasteiger partial charge in [-0.1, -0.05) is 47.5 Å². The Labute approximate surface area is 137 Å². The fraction of sp³-hybridized carbons (Fsp3) is 0.0667. The molecule has 21 heavy (non-hydrogen) atoms. The Morgan fingerprint density at radius 2 is 1.90 bits per heavy atom. The average Bonchev–Trinajstić information content (AvgIpc) is 2.80.